The zero-order chi connectivity index (χ0) is 18.8. The Hall–Kier alpha value is -3.01. The Kier molecular flexibility index (Phi) is 4.85. The highest BCUT2D eigenvalue weighted by Gasteiger charge is 2.29. The van der Waals surface area contributed by atoms with Crippen LogP contribution in [0.2, 0.25) is 0 Å². The summed E-state index contributed by atoms with van der Waals surface area (Å²) in [4.78, 5) is 20.9. The first kappa shape index (κ1) is 17.8. The highest BCUT2D eigenvalue weighted by molar-refractivity contribution is 5.74. The predicted octanol–water partition coefficient (Wildman–Crippen LogP) is 2.46. The lowest BCUT2D eigenvalue weighted by molar-refractivity contribution is -0.383. The fraction of sp³-hybridized carbons (Fsp3) is 0.375. The van der Waals surface area contributed by atoms with E-state index < -0.39 is 16.4 Å². The molecular formula is C16H19FN6O3. The largest absolute Gasteiger partial charge is 0.378 e. The lowest BCUT2D eigenvalue weighted by Crippen LogP contribution is -2.46. The second-order valence-corrected chi connectivity index (χ2v) is 6.13. The first-order valence-corrected chi connectivity index (χ1v) is 8.09. The molecule has 9 nitrogen and oxygen atoms in total. The number of nitrogen functional groups attached to an aromatic ring is 1. The molecule has 3 rings (SSSR count). The normalized spacial score (nSPS) is 20.0. The molecule has 0 saturated carbocycles. The van der Waals surface area contributed by atoms with Gasteiger partial charge in [-0.3, -0.25) is 10.1 Å². The summed E-state index contributed by atoms with van der Waals surface area (Å²) in [6, 6.07) is 5.82. The molecule has 0 spiro atoms. The molecule has 1 aliphatic rings. The topological polar surface area (TPSA) is 119 Å². The van der Waals surface area contributed by atoms with Crippen molar-refractivity contribution in [1.82, 2.24) is 9.97 Å². The van der Waals surface area contributed by atoms with Crippen molar-refractivity contribution in [3.8, 4) is 0 Å². The van der Waals surface area contributed by atoms with Crippen molar-refractivity contribution in [2.75, 3.05) is 29.0 Å². The fourth-order valence-electron chi connectivity index (χ4n) is 2.90. The molecule has 0 unspecified atom stereocenters. The smallest absolute Gasteiger partial charge is 0.353 e. The van der Waals surface area contributed by atoms with E-state index in [0.717, 1.165) is 0 Å². The molecule has 0 amide bonds. The third kappa shape index (κ3) is 3.64. The summed E-state index contributed by atoms with van der Waals surface area (Å²) < 4.78 is 19.6. The quantitative estimate of drug-likeness (QED) is 0.629. The van der Waals surface area contributed by atoms with Gasteiger partial charge in [-0.25, -0.2) is 4.39 Å². The Morgan fingerprint density at radius 3 is 2.58 bits per heavy atom. The minimum absolute atomic E-state index is 0.0539. The van der Waals surface area contributed by atoms with Crippen LogP contribution in [0.1, 0.15) is 13.8 Å². The van der Waals surface area contributed by atoms with Gasteiger partial charge < -0.3 is 20.7 Å². The molecule has 1 fully saturated rings. The van der Waals surface area contributed by atoms with Crippen LogP contribution >= 0.6 is 0 Å². The first-order valence-electron chi connectivity index (χ1n) is 8.09. The molecule has 2 aromatic rings. The number of hydrogen-bond acceptors (Lipinski definition) is 8. The maximum atomic E-state index is 13.9. The van der Waals surface area contributed by atoms with Gasteiger partial charge in [-0.15, -0.1) is 0 Å². The van der Waals surface area contributed by atoms with Crippen LogP contribution in [0.25, 0.3) is 0 Å². The molecule has 1 aromatic heterocycles. The summed E-state index contributed by atoms with van der Waals surface area (Å²) in [5.41, 5.74) is 5.37. The molecule has 2 heterocycles. The minimum Gasteiger partial charge on any atom is -0.378 e. The van der Waals surface area contributed by atoms with E-state index in [0.29, 0.717) is 13.1 Å². The second kappa shape index (κ2) is 7.08. The van der Waals surface area contributed by atoms with Crippen molar-refractivity contribution in [1.29, 1.82) is 0 Å². The van der Waals surface area contributed by atoms with Gasteiger partial charge in [0.15, 0.2) is 0 Å². The van der Waals surface area contributed by atoms with Crippen LogP contribution in [0.3, 0.4) is 0 Å². The van der Waals surface area contributed by atoms with Crippen molar-refractivity contribution >= 4 is 29.0 Å². The van der Waals surface area contributed by atoms with E-state index in [2.05, 4.69) is 15.3 Å². The third-order valence-electron chi connectivity index (χ3n) is 3.91. The lowest BCUT2D eigenvalue weighted by atomic mass is 10.2. The number of aromatic nitrogens is 2. The molecule has 0 radical (unpaired) electrons. The van der Waals surface area contributed by atoms with Crippen molar-refractivity contribution in [2.24, 2.45) is 0 Å². The maximum absolute atomic E-state index is 13.9. The van der Waals surface area contributed by atoms with Crippen LogP contribution in [0.4, 0.5) is 33.3 Å². The van der Waals surface area contributed by atoms with Gasteiger partial charge in [-0.2, -0.15) is 9.97 Å². The van der Waals surface area contributed by atoms with Gasteiger partial charge >= 0.3 is 5.69 Å². The number of nitrogens with one attached hydrogen (secondary N) is 1. The molecule has 3 N–H and O–H groups in total. The van der Waals surface area contributed by atoms with Crippen molar-refractivity contribution in [3.63, 3.8) is 0 Å². The van der Waals surface area contributed by atoms with Gasteiger partial charge in [0.1, 0.15) is 5.82 Å². The molecule has 1 saturated heterocycles. The first-order chi connectivity index (χ1) is 12.3. The number of nitro groups is 1. The van der Waals surface area contributed by atoms with Crippen LogP contribution in [-0.2, 0) is 4.74 Å². The third-order valence-corrected chi connectivity index (χ3v) is 3.91. The monoisotopic (exact) mass is 362 g/mol. The average molecular weight is 362 g/mol. The van der Waals surface area contributed by atoms with Crippen LogP contribution < -0.4 is 16.0 Å². The molecule has 2 atom stereocenters. The number of nitrogens with zero attached hydrogens (tertiary/aromatic N) is 4. The number of halogens is 1. The highest BCUT2D eigenvalue weighted by Crippen LogP contribution is 2.33. The highest BCUT2D eigenvalue weighted by atomic mass is 19.1. The van der Waals surface area contributed by atoms with Gasteiger partial charge in [0.25, 0.3) is 0 Å². The summed E-state index contributed by atoms with van der Waals surface area (Å²) in [5, 5.41) is 14.0. The number of ether oxygens (including phenoxy) is 1. The average Bonchev–Trinajstić information content (AvgIpc) is 2.55. The Balaban J connectivity index is 2.02. The zero-order valence-electron chi connectivity index (χ0n) is 14.3. The molecule has 1 aromatic carbocycles. The predicted molar refractivity (Wildman–Crippen MR) is 95.0 cm³/mol. The van der Waals surface area contributed by atoms with Crippen LogP contribution in [0.15, 0.2) is 24.3 Å². The summed E-state index contributed by atoms with van der Waals surface area (Å²) in [5.74, 6) is -0.775. The number of rotatable bonds is 4. The van der Waals surface area contributed by atoms with E-state index in [1.165, 1.54) is 18.2 Å². The van der Waals surface area contributed by atoms with Crippen molar-refractivity contribution in [2.45, 2.75) is 26.1 Å². The second-order valence-electron chi connectivity index (χ2n) is 6.13. The molecule has 0 aliphatic carbocycles. The number of anilines is 4. The molecule has 10 heteroatoms. The standard InChI is InChI=1S/C16H19FN6O3/c1-9-7-22(8-10(2)26-9)16-20-14(18)13(23(24)25)15(21-16)19-12-6-4-3-5-11(12)17/h3-6,9-10H,7-8H2,1-2H3,(H3,18,19,20,21)/t9-,10-/m1/s1. The van der Waals surface area contributed by atoms with E-state index >= 15 is 0 Å². The Bertz CT molecular complexity index is 824. The zero-order valence-corrected chi connectivity index (χ0v) is 14.3. The van der Waals surface area contributed by atoms with Gasteiger partial charge in [-0.05, 0) is 26.0 Å². The van der Waals surface area contributed by atoms with E-state index in [-0.39, 0.29) is 35.5 Å². The number of hydrogen-bond donors (Lipinski definition) is 2. The number of nitrogens with two attached hydrogens (primary N) is 1. The summed E-state index contributed by atoms with van der Waals surface area (Å²) in [6.45, 7) is 4.85. The van der Waals surface area contributed by atoms with Crippen LogP contribution in [-0.4, -0.2) is 40.2 Å². The van der Waals surface area contributed by atoms with E-state index in [1.54, 1.807) is 6.07 Å². The van der Waals surface area contributed by atoms with E-state index in [9.17, 15) is 14.5 Å². The van der Waals surface area contributed by atoms with Crippen molar-refractivity contribution < 1.29 is 14.1 Å². The van der Waals surface area contributed by atoms with Gasteiger partial charge in [0, 0.05) is 13.1 Å². The summed E-state index contributed by atoms with van der Waals surface area (Å²) in [6.07, 6.45) is -0.108. The SMILES string of the molecule is C[C@@H]1CN(c2nc(N)c([N+](=O)[O-])c(Nc3ccccc3F)n2)C[C@@H](C)O1. The van der Waals surface area contributed by atoms with E-state index in [4.69, 9.17) is 10.5 Å². The molecule has 0 bridgehead atoms. The van der Waals surface area contributed by atoms with Gasteiger partial charge in [0.2, 0.25) is 17.6 Å². The van der Waals surface area contributed by atoms with E-state index in [1.807, 2.05) is 18.7 Å². The van der Waals surface area contributed by atoms with Gasteiger partial charge in [-0.1, -0.05) is 12.1 Å². The Morgan fingerprint density at radius 2 is 1.96 bits per heavy atom. The van der Waals surface area contributed by atoms with Gasteiger partial charge in [0.05, 0.1) is 22.8 Å². The number of morpholine rings is 1. The molecule has 138 valence electrons. The number of benzene rings is 1. The summed E-state index contributed by atoms with van der Waals surface area (Å²) >= 11 is 0. The molecule has 26 heavy (non-hydrogen) atoms. The lowest BCUT2D eigenvalue weighted by Gasteiger charge is -2.35. The molecule has 1 aliphatic heterocycles. The van der Waals surface area contributed by atoms with Crippen LogP contribution in [0, 0.1) is 15.9 Å². The number of para-hydroxylation sites is 1. The maximum Gasteiger partial charge on any atom is 0.353 e. The Morgan fingerprint density at radius 1 is 1.31 bits per heavy atom. The Labute approximate surface area is 149 Å². The fourth-order valence-corrected chi connectivity index (χ4v) is 2.90. The molecular weight excluding hydrogens is 343 g/mol. The minimum atomic E-state index is -0.688. The summed E-state index contributed by atoms with van der Waals surface area (Å²) in [7, 11) is 0. The van der Waals surface area contributed by atoms with Crippen molar-refractivity contribution in [3.05, 3.63) is 40.2 Å². The van der Waals surface area contributed by atoms with Crippen LogP contribution in [0.5, 0.6) is 0 Å².